The molecule has 7 heteroatoms. The van der Waals surface area contributed by atoms with Gasteiger partial charge in [-0.1, -0.05) is 67.5 Å². The van der Waals surface area contributed by atoms with Gasteiger partial charge in [0.25, 0.3) is 5.91 Å². The van der Waals surface area contributed by atoms with Gasteiger partial charge in [-0.2, -0.15) is 0 Å². The molecule has 0 unspecified atom stereocenters. The predicted octanol–water partition coefficient (Wildman–Crippen LogP) is 5.45. The molecule has 0 N–H and O–H groups in total. The van der Waals surface area contributed by atoms with Crippen molar-refractivity contribution in [1.82, 2.24) is 4.90 Å². The van der Waals surface area contributed by atoms with E-state index in [0.29, 0.717) is 37.9 Å². The number of ether oxygens (including phenoxy) is 2. The lowest BCUT2D eigenvalue weighted by molar-refractivity contribution is -0.124. The van der Waals surface area contributed by atoms with Crippen LogP contribution in [-0.2, 0) is 4.79 Å². The molecule has 2 aliphatic rings. The average molecular weight is 424 g/mol. The van der Waals surface area contributed by atoms with Crippen LogP contribution in [0.1, 0.15) is 37.7 Å². The van der Waals surface area contributed by atoms with E-state index < -0.39 is 0 Å². The fourth-order valence-electron chi connectivity index (χ4n) is 3.36. The number of methoxy groups -OCH3 is 1. The highest BCUT2D eigenvalue weighted by Gasteiger charge is 2.37. The maximum absolute atomic E-state index is 12.9. The lowest BCUT2D eigenvalue weighted by atomic mass is 9.94. The minimum atomic E-state index is -0.0288. The molecule has 1 saturated heterocycles. The van der Waals surface area contributed by atoms with Crippen LogP contribution in [0, 0.1) is 0 Å². The van der Waals surface area contributed by atoms with E-state index in [2.05, 4.69) is 6.58 Å². The highest BCUT2D eigenvalue weighted by molar-refractivity contribution is 8.26. The fraction of sp³-hybridized carbons (Fsp3) is 0.400. The van der Waals surface area contributed by atoms with E-state index in [4.69, 9.17) is 33.3 Å². The summed E-state index contributed by atoms with van der Waals surface area (Å²) in [6.07, 6.45) is 9.00. The summed E-state index contributed by atoms with van der Waals surface area (Å²) in [4.78, 5) is 15.3. The predicted molar refractivity (Wildman–Crippen MR) is 116 cm³/mol. The van der Waals surface area contributed by atoms with Crippen molar-refractivity contribution in [3.05, 3.63) is 40.3 Å². The lowest BCUT2D eigenvalue weighted by Gasteiger charge is -2.29. The Morgan fingerprint density at radius 1 is 1.33 bits per heavy atom. The Bertz CT molecular complexity index is 788. The largest absolute Gasteiger partial charge is 0.493 e. The summed E-state index contributed by atoms with van der Waals surface area (Å²) < 4.78 is 11.6. The van der Waals surface area contributed by atoms with Crippen LogP contribution in [0.2, 0.25) is 5.02 Å². The normalized spacial score (nSPS) is 19.6. The van der Waals surface area contributed by atoms with Crippen molar-refractivity contribution < 1.29 is 14.3 Å². The van der Waals surface area contributed by atoms with Crippen LogP contribution in [-0.4, -0.2) is 34.9 Å². The standard InChI is InChI=1S/C20H22ClNO3S2/c1-3-9-25-17-12-15(21)13(10-16(17)24-2)11-18-19(23)22(20(26)27-18)14-7-5-4-6-8-14/h3,10-12,14H,1,4-9H2,2H3. The summed E-state index contributed by atoms with van der Waals surface area (Å²) >= 11 is 13.2. The van der Waals surface area contributed by atoms with Crippen molar-refractivity contribution in [2.45, 2.75) is 38.1 Å². The third-order valence-corrected chi connectivity index (χ3v) is 6.35. The molecule has 2 fully saturated rings. The Morgan fingerprint density at radius 3 is 2.74 bits per heavy atom. The second kappa shape index (κ2) is 9.13. The second-order valence-corrected chi connectivity index (χ2v) is 8.55. The van der Waals surface area contributed by atoms with Gasteiger partial charge in [-0.15, -0.1) is 0 Å². The fourth-order valence-corrected chi connectivity index (χ4v) is 4.96. The molecule has 3 rings (SSSR count). The lowest BCUT2D eigenvalue weighted by Crippen LogP contribution is -2.39. The summed E-state index contributed by atoms with van der Waals surface area (Å²) in [7, 11) is 1.57. The summed E-state index contributed by atoms with van der Waals surface area (Å²) in [5.41, 5.74) is 0.698. The maximum atomic E-state index is 12.9. The Balaban J connectivity index is 1.86. The summed E-state index contributed by atoms with van der Waals surface area (Å²) in [5, 5.41) is 0.484. The van der Waals surface area contributed by atoms with Crippen molar-refractivity contribution in [1.29, 1.82) is 0 Å². The first-order chi connectivity index (χ1) is 13.0. The molecule has 144 valence electrons. The molecule has 0 bridgehead atoms. The van der Waals surface area contributed by atoms with E-state index in [1.54, 1.807) is 36.3 Å². The van der Waals surface area contributed by atoms with Gasteiger partial charge in [0, 0.05) is 12.1 Å². The average Bonchev–Trinajstić information content (AvgIpc) is 2.95. The van der Waals surface area contributed by atoms with Crippen LogP contribution >= 0.6 is 35.6 Å². The number of rotatable bonds is 6. The van der Waals surface area contributed by atoms with E-state index in [0.717, 1.165) is 25.7 Å². The maximum Gasteiger partial charge on any atom is 0.266 e. The first-order valence-electron chi connectivity index (χ1n) is 8.93. The second-order valence-electron chi connectivity index (χ2n) is 6.47. The van der Waals surface area contributed by atoms with Crippen molar-refractivity contribution >= 4 is 51.9 Å². The van der Waals surface area contributed by atoms with Crippen LogP contribution < -0.4 is 9.47 Å². The van der Waals surface area contributed by atoms with Gasteiger partial charge < -0.3 is 9.47 Å². The molecule has 1 heterocycles. The minimum Gasteiger partial charge on any atom is -0.493 e. The van der Waals surface area contributed by atoms with Crippen LogP contribution in [0.3, 0.4) is 0 Å². The number of benzene rings is 1. The summed E-state index contributed by atoms with van der Waals surface area (Å²) in [6, 6.07) is 3.68. The number of carbonyl (C=O) groups excluding carboxylic acids is 1. The SMILES string of the molecule is C=CCOc1cc(Cl)c(C=C2SC(=S)N(C3CCCCC3)C2=O)cc1OC. The Kier molecular flexibility index (Phi) is 6.84. The topological polar surface area (TPSA) is 38.8 Å². The Hall–Kier alpha value is -1.50. The number of amides is 1. The molecule has 27 heavy (non-hydrogen) atoms. The molecule has 1 amide bonds. The van der Waals surface area contributed by atoms with Crippen LogP contribution in [0.4, 0.5) is 0 Å². The molecule has 1 aliphatic heterocycles. The highest BCUT2D eigenvalue weighted by atomic mass is 35.5. The molecule has 4 nitrogen and oxygen atoms in total. The first kappa shape index (κ1) is 20.2. The van der Waals surface area contributed by atoms with Gasteiger partial charge in [-0.25, -0.2) is 0 Å². The first-order valence-corrected chi connectivity index (χ1v) is 10.5. The molecule has 0 aromatic heterocycles. The molecule has 1 aromatic rings. The van der Waals surface area contributed by atoms with Gasteiger partial charge >= 0.3 is 0 Å². The zero-order valence-electron chi connectivity index (χ0n) is 15.2. The molecular formula is C20H22ClNO3S2. The number of hydrogen-bond donors (Lipinski definition) is 0. The molecule has 1 saturated carbocycles. The molecular weight excluding hydrogens is 402 g/mol. The molecule has 1 aromatic carbocycles. The number of halogens is 1. The van der Waals surface area contributed by atoms with Gasteiger partial charge in [0.05, 0.1) is 17.0 Å². The van der Waals surface area contributed by atoms with E-state index in [1.165, 1.54) is 18.2 Å². The quantitative estimate of drug-likeness (QED) is 0.345. The van der Waals surface area contributed by atoms with Crippen LogP contribution in [0.15, 0.2) is 29.7 Å². The number of hydrogen-bond acceptors (Lipinski definition) is 5. The van der Waals surface area contributed by atoms with E-state index in [1.807, 2.05) is 0 Å². The van der Waals surface area contributed by atoms with Crippen LogP contribution in [0.5, 0.6) is 11.5 Å². The van der Waals surface area contributed by atoms with Crippen molar-refractivity contribution in [3.63, 3.8) is 0 Å². The van der Waals surface area contributed by atoms with Gasteiger partial charge in [-0.3, -0.25) is 9.69 Å². The van der Waals surface area contributed by atoms with Crippen molar-refractivity contribution in [2.75, 3.05) is 13.7 Å². The zero-order valence-corrected chi connectivity index (χ0v) is 17.6. The van der Waals surface area contributed by atoms with Gasteiger partial charge in [0.2, 0.25) is 0 Å². The van der Waals surface area contributed by atoms with E-state index in [9.17, 15) is 4.79 Å². The minimum absolute atomic E-state index is 0.0288. The highest BCUT2D eigenvalue weighted by Crippen LogP contribution is 2.40. The third-order valence-electron chi connectivity index (χ3n) is 4.69. The van der Waals surface area contributed by atoms with Crippen molar-refractivity contribution in [2.24, 2.45) is 0 Å². The number of nitrogens with zero attached hydrogens (tertiary/aromatic N) is 1. The van der Waals surface area contributed by atoms with Gasteiger partial charge in [-0.05, 0) is 30.5 Å². The molecule has 0 radical (unpaired) electrons. The smallest absolute Gasteiger partial charge is 0.266 e. The third kappa shape index (κ3) is 4.50. The number of thioether (sulfide) groups is 1. The molecule has 1 aliphatic carbocycles. The Labute approximate surface area is 174 Å². The number of carbonyl (C=O) groups is 1. The Morgan fingerprint density at radius 2 is 2.07 bits per heavy atom. The number of thiocarbonyl (C=S) groups is 1. The van der Waals surface area contributed by atoms with E-state index >= 15 is 0 Å². The van der Waals surface area contributed by atoms with Gasteiger partial charge in [0.1, 0.15) is 10.9 Å². The summed E-state index contributed by atoms with van der Waals surface area (Å²) in [6.45, 7) is 3.99. The zero-order chi connectivity index (χ0) is 19.4. The van der Waals surface area contributed by atoms with Crippen LogP contribution in [0.25, 0.3) is 6.08 Å². The monoisotopic (exact) mass is 423 g/mol. The molecule has 0 spiro atoms. The summed E-state index contributed by atoms with van der Waals surface area (Å²) in [5.74, 6) is 1.06. The van der Waals surface area contributed by atoms with Gasteiger partial charge in [0.15, 0.2) is 11.5 Å². The molecule has 0 atom stereocenters. The van der Waals surface area contributed by atoms with E-state index in [-0.39, 0.29) is 11.9 Å². The van der Waals surface area contributed by atoms with Crippen molar-refractivity contribution in [3.8, 4) is 11.5 Å².